The lowest BCUT2D eigenvalue weighted by Gasteiger charge is -2.38. The van der Waals surface area contributed by atoms with E-state index in [4.69, 9.17) is 23.2 Å². The van der Waals surface area contributed by atoms with Crippen molar-refractivity contribution in [1.82, 2.24) is 9.80 Å². The molecule has 1 heterocycles. The van der Waals surface area contributed by atoms with E-state index < -0.39 is 0 Å². The molecule has 0 bridgehead atoms. The zero-order chi connectivity index (χ0) is 18.4. The van der Waals surface area contributed by atoms with Crippen molar-refractivity contribution in [2.45, 2.75) is 32.0 Å². The Bertz CT molecular complexity index is 698. The maximum Gasteiger partial charge on any atom is 0.238 e. The van der Waals surface area contributed by atoms with Crippen LogP contribution in [0.15, 0.2) is 54.6 Å². The summed E-state index contributed by atoms with van der Waals surface area (Å²) in [4.78, 5) is 16.8. The molecule has 0 unspecified atom stereocenters. The van der Waals surface area contributed by atoms with E-state index in [1.54, 1.807) is 0 Å². The van der Waals surface area contributed by atoms with Crippen LogP contribution in [0.5, 0.6) is 0 Å². The Kier molecular flexibility index (Phi) is 6.95. The van der Waals surface area contributed by atoms with E-state index in [0.717, 1.165) is 38.0 Å². The summed E-state index contributed by atoms with van der Waals surface area (Å²) >= 11 is 11.8. The lowest BCUT2D eigenvalue weighted by atomic mass is 10.0. The molecular formula is C21H24Cl2N2O. The summed E-state index contributed by atoms with van der Waals surface area (Å²) in [7, 11) is 0. The van der Waals surface area contributed by atoms with Crippen LogP contribution >= 0.6 is 23.2 Å². The summed E-state index contributed by atoms with van der Waals surface area (Å²) in [5.74, 6) is 0.0285. The third-order valence-corrected chi connectivity index (χ3v) is 5.43. The van der Waals surface area contributed by atoms with Crippen LogP contribution in [-0.4, -0.2) is 40.7 Å². The van der Waals surface area contributed by atoms with Gasteiger partial charge in [0.1, 0.15) is 5.88 Å². The van der Waals surface area contributed by atoms with E-state index in [9.17, 15) is 4.79 Å². The molecule has 0 atom stereocenters. The third kappa shape index (κ3) is 5.23. The number of nitrogens with zero attached hydrogens (tertiary/aromatic N) is 2. The third-order valence-electron chi connectivity index (χ3n) is 4.95. The molecule has 0 N–H and O–H groups in total. The Morgan fingerprint density at radius 1 is 1.00 bits per heavy atom. The summed E-state index contributed by atoms with van der Waals surface area (Å²) in [5.41, 5.74) is 2.42. The monoisotopic (exact) mass is 390 g/mol. The van der Waals surface area contributed by atoms with E-state index in [1.165, 1.54) is 5.56 Å². The van der Waals surface area contributed by atoms with Gasteiger partial charge < -0.3 is 4.90 Å². The molecule has 138 valence electrons. The van der Waals surface area contributed by atoms with Crippen molar-refractivity contribution in [3.8, 4) is 0 Å². The molecule has 1 amide bonds. The van der Waals surface area contributed by atoms with Crippen LogP contribution in [0.4, 0.5) is 0 Å². The van der Waals surface area contributed by atoms with Crippen LogP contribution in [-0.2, 0) is 17.9 Å². The fraction of sp³-hybridized carbons (Fsp3) is 0.381. The van der Waals surface area contributed by atoms with Gasteiger partial charge in [-0.05, 0) is 36.1 Å². The van der Waals surface area contributed by atoms with Gasteiger partial charge in [-0.3, -0.25) is 9.69 Å². The van der Waals surface area contributed by atoms with Gasteiger partial charge in [0.25, 0.3) is 0 Å². The van der Waals surface area contributed by atoms with E-state index in [0.29, 0.717) is 11.6 Å². The molecule has 0 aromatic heterocycles. The highest BCUT2D eigenvalue weighted by Gasteiger charge is 2.27. The van der Waals surface area contributed by atoms with Crippen molar-refractivity contribution >= 4 is 29.1 Å². The number of carbonyl (C=O) groups is 1. The average molecular weight is 391 g/mol. The van der Waals surface area contributed by atoms with Crippen LogP contribution in [0, 0.1) is 0 Å². The van der Waals surface area contributed by atoms with Crippen molar-refractivity contribution in [1.29, 1.82) is 0 Å². The number of rotatable bonds is 6. The van der Waals surface area contributed by atoms with Gasteiger partial charge >= 0.3 is 0 Å². The van der Waals surface area contributed by atoms with Crippen LogP contribution < -0.4 is 0 Å². The number of likely N-dealkylation sites (tertiary alicyclic amines) is 1. The molecule has 1 saturated heterocycles. The van der Waals surface area contributed by atoms with Crippen LogP contribution in [0.2, 0.25) is 5.02 Å². The highest BCUT2D eigenvalue weighted by molar-refractivity contribution is 6.30. The minimum atomic E-state index is 0.00289. The molecule has 0 spiro atoms. The summed E-state index contributed by atoms with van der Waals surface area (Å²) in [6, 6.07) is 18.4. The van der Waals surface area contributed by atoms with Crippen molar-refractivity contribution in [2.75, 3.05) is 19.0 Å². The number of amides is 1. The first-order valence-electron chi connectivity index (χ1n) is 9.02. The van der Waals surface area contributed by atoms with E-state index in [-0.39, 0.29) is 17.8 Å². The number of hydrogen-bond acceptors (Lipinski definition) is 2. The fourth-order valence-corrected chi connectivity index (χ4v) is 3.79. The molecule has 1 aliphatic heterocycles. The largest absolute Gasteiger partial charge is 0.334 e. The zero-order valence-corrected chi connectivity index (χ0v) is 16.3. The molecule has 1 aliphatic rings. The van der Waals surface area contributed by atoms with Crippen molar-refractivity contribution < 1.29 is 4.79 Å². The smallest absolute Gasteiger partial charge is 0.238 e. The van der Waals surface area contributed by atoms with Gasteiger partial charge in [-0.1, -0.05) is 54.1 Å². The molecule has 1 fully saturated rings. The first-order chi connectivity index (χ1) is 12.7. The summed E-state index contributed by atoms with van der Waals surface area (Å²) < 4.78 is 0. The predicted octanol–water partition coefficient (Wildman–Crippen LogP) is 4.57. The van der Waals surface area contributed by atoms with Crippen LogP contribution in [0.3, 0.4) is 0 Å². The molecule has 0 radical (unpaired) electrons. The maximum absolute atomic E-state index is 12.4. The first kappa shape index (κ1) is 19.2. The standard InChI is InChI=1S/C21H24Cl2N2O/c22-14-21(26)25(16-18-6-8-19(23)9-7-18)20-10-12-24(13-11-20)15-17-4-2-1-3-5-17/h1-9,20H,10-16H2. The van der Waals surface area contributed by atoms with Gasteiger partial charge in [0, 0.05) is 37.2 Å². The number of piperidine rings is 1. The molecule has 3 rings (SSSR count). The molecule has 2 aromatic carbocycles. The minimum Gasteiger partial charge on any atom is -0.334 e. The first-order valence-corrected chi connectivity index (χ1v) is 9.93. The van der Waals surface area contributed by atoms with Crippen molar-refractivity contribution in [2.24, 2.45) is 0 Å². The Morgan fingerprint density at radius 2 is 1.65 bits per heavy atom. The molecule has 0 saturated carbocycles. The van der Waals surface area contributed by atoms with Gasteiger partial charge in [-0.25, -0.2) is 0 Å². The van der Waals surface area contributed by atoms with Gasteiger partial charge in [-0.2, -0.15) is 0 Å². The zero-order valence-electron chi connectivity index (χ0n) is 14.8. The Hall–Kier alpha value is -1.55. The summed E-state index contributed by atoms with van der Waals surface area (Å²) in [6.45, 7) is 3.54. The maximum atomic E-state index is 12.4. The van der Waals surface area contributed by atoms with E-state index in [1.807, 2.05) is 35.2 Å². The Labute approximate surface area is 165 Å². The Balaban J connectivity index is 1.60. The van der Waals surface area contributed by atoms with Crippen LogP contribution in [0.1, 0.15) is 24.0 Å². The molecular weight excluding hydrogens is 367 g/mol. The Morgan fingerprint density at radius 3 is 2.27 bits per heavy atom. The number of benzene rings is 2. The fourth-order valence-electron chi connectivity index (χ4n) is 3.51. The van der Waals surface area contributed by atoms with E-state index in [2.05, 4.69) is 29.2 Å². The average Bonchev–Trinajstić information content (AvgIpc) is 2.68. The summed E-state index contributed by atoms with van der Waals surface area (Å²) in [6.07, 6.45) is 1.95. The highest BCUT2D eigenvalue weighted by atomic mass is 35.5. The lowest BCUT2D eigenvalue weighted by molar-refractivity contribution is -0.132. The molecule has 26 heavy (non-hydrogen) atoms. The van der Waals surface area contributed by atoms with Crippen molar-refractivity contribution in [3.63, 3.8) is 0 Å². The molecule has 3 nitrogen and oxygen atoms in total. The van der Waals surface area contributed by atoms with Crippen molar-refractivity contribution in [3.05, 3.63) is 70.7 Å². The minimum absolute atomic E-state index is 0.00289. The number of halogens is 2. The second kappa shape index (κ2) is 9.40. The lowest BCUT2D eigenvalue weighted by Crippen LogP contribution is -2.47. The van der Waals surface area contributed by atoms with Gasteiger partial charge in [0.05, 0.1) is 0 Å². The van der Waals surface area contributed by atoms with Crippen LogP contribution in [0.25, 0.3) is 0 Å². The van der Waals surface area contributed by atoms with Gasteiger partial charge in [-0.15, -0.1) is 11.6 Å². The number of alkyl halides is 1. The quantitative estimate of drug-likeness (QED) is 0.674. The molecule has 5 heteroatoms. The topological polar surface area (TPSA) is 23.6 Å². The second-order valence-corrected chi connectivity index (χ2v) is 7.48. The SMILES string of the molecule is O=C(CCl)N(Cc1ccc(Cl)cc1)C1CCN(Cc2ccccc2)CC1. The van der Waals surface area contributed by atoms with E-state index >= 15 is 0 Å². The number of carbonyl (C=O) groups excluding carboxylic acids is 1. The normalized spacial score (nSPS) is 15.8. The van der Waals surface area contributed by atoms with Gasteiger partial charge in [0.2, 0.25) is 5.91 Å². The predicted molar refractivity (Wildman–Crippen MR) is 107 cm³/mol. The molecule has 2 aromatic rings. The summed E-state index contributed by atoms with van der Waals surface area (Å²) in [5, 5.41) is 0.707. The second-order valence-electron chi connectivity index (χ2n) is 6.77. The molecule has 0 aliphatic carbocycles. The van der Waals surface area contributed by atoms with Gasteiger partial charge in [0.15, 0.2) is 0 Å². The highest BCUT2D eigenvalue weighted by Crippen LogP contribution is 2.22. The number of hydrogen-bond donors (Lipinski definition) is 0.